The maximum Gasteiger partial charge on any atom is 0.255 e. The van der Waals surface area contributed by atoms with Gasteiger partial charge in [0.25, 0.3) is 5.91 Å². The van der Waals surface area contributed by atoms with Gasteiger partial charge in [-0.3, -0.25) is 9.69 Å². The van der Waals surface area contributed by atoms with Gasteiger partial charge in [-0.25, -0.2) is 0 Å². The standard InChI is InChI=1S/C20H23ClN2O/c1-15-5-4-12-23(13-15)14-16-8-10-17(11-9-16)20(24)22-19-7-3-2-6-18(19)21/h2-3,6-11,15H,4-5,12-14H2,1H3,(H,22,24). The van der Waals surface area contributed by atoms with Crippen LogP contribution in [0.4, 0.5) is 5.69 Å². The first-order valence-corrected chi connectivity index (χ1v) is 8.87. The van der Waals surface area contributed by atoms with Crippen LogP contribution in [0.5, 0.6) is 0 Å². The zero-order valence-corrected chi connectivity index (χ0v) is 14.7. The molecule has 0 aromatic heterocycles. The number of hydrogen-bond donors (Lipinski definition) is 1. The molecule has 0 radical (unpaired) electrons. The average molecular weight is 343 g/mol. The first-order chi connectivity index (χ1) is 11.6. The van der Waals surface area contributed by atoms with Gasteiger partial charge >= 0.3 is 0 Å². The van der Waals surface area contributed by atoms with Crippen molar-refractivity contribution in [1.29, 1.82) is 0 Å². The van der Waals surface area contributed by atoms with Crippen LogP contribution in [-0.2, 0) is 6.54 Å². The first-order valence-electron chi connectivity index (χ1n) is 8.49. The van der Waals surface area contributed by atoms with Crippen molar-refractivity contribution >= 4 is 23.2 Å². The van der Waals surface area contributed by atoms with Crippen LogP contribution in [0.2, 0.25) is 5.02 Å². The van der Waals surface area contributed by atoms with Crippen molar-refractivity contribution in [2.45, 2.75) is 26.3 Å². The maximum absolute atomic E-state index is 12.3. The molecule has 0 spiro atoms. The predicted molar refractivity (Wildman–Crippen MR) is 99.5 cm³/mol. The molecule has 1 amide bonds. The zero-order chi connectivity index (χ0) is 16.9. The Kier molecular flexibility index (Phi) is 5.54. The molecule has 1 aliphatic heterocycles. The van der Waals surface area contributed by atoms with Gasteiger partial charge in [0.2, 0.25) is 0 Å². The topological polar surface area (TPSA) is 32.3 Å². The van der Waals surface area contributed by atoms with E-state index in [0.29, 0.717) is 16.3 Å². The Morgan fingerprint density at radius 3 is 2.67 bits per heavy atom. The summed E-state index contributed by atoms with van der Waals surface area (Å²) < 4.78 is 0. The van der Waals surface area contributed by atoms with Crippen LogP contribution in [0.1, 0.15) is 35.7 Å². The fraction of sp³-hybridized carbons (Fsp3) is 0.350. The highest BCUT2D eigenvalue weighted by atomic mass is 35.5. The quantitative estimate of drug-likeness (QED) is 0.863. The van der Waals surface area contributed by atoms with Crippen molar-refractivity contribution < 1.29 is 4.79 Å². The minimum Gasteiger partial charge on any atom is -0.321 e. The molecule has 1 saturated heterocycles. The summed E-state index contributed by atoms with van der Waals surface area (Å²) in [5.74, 6) is 0.640. The molecule has 2 aromatic rings. The van der Waals surface area contributed by atoms with Gasteiger partial charge in [0, 0.05) is 18.7 Å². The van der Waals surface area contributed by atoms with E-state index in [-0.39, 0.29) is 5.91 Å². The monoisotopic (exact) mass is 342 g/mol. The molecule has 1 unspecified atom stereocenters. The minimum atomic E-state index is -0.138. The SMILES string of the molecule is CC1CCCN(Cc2ccc(C(=O)Nc3ccccc3Cl)cc2)C1. The van der Waals surface area contributed by atoms with E-state index in [1.165, 1.54) is 24.9 Å². The summed E-state index contributed by atoms with van der Waals surface area (Å²) in [5, 5.41) is 3.40. The average Bonchev–Trinajstić information content (AvgIpc) is 2.57. The lowest BCUT2D eigenvalue weighted by atomic mass is 9.99. The van der Waals surface area contributed by atoms with Crippen LogP contribution in [0.3, 0.4) is 0 Å². The number of hydrogen-bond acceptors (Lipinski definition) is 2. The van der Waals surface area contributed by atoms with Gasteiger partial charge in [0.05, 0.1) is 10.7 Å². The Bertz CT molecular complexity index is 699. The van der Waals surface area contributed by atoms with E-state index in [2.05, 4.69) is 17.1 Å². The molecule has 1 atom stereocenters. The molecular weight excluding hydrogens is 320 g/mol. The second-order valence-electron chi connectivity index (χ2n) is 6.61. The van der Waals surface area contributed by atoms with Crippen LogP contribution in [0, 0.1) is 5.92 Å². The van der Waals surface area contributed by atoms with Gasteiger partial charge in [0.1, 0.15) is 0 Å². The van der Waals surface area contributed by atoms with Gasteiger partial charge < -0.3 is 5.32 Å². The summed E-state index contributed by atoms with van der Waals surface area (Å²) in [7, 11) is 0. The molecule has 1 aliphatic rings. The van der Waals surface area contributed by atoms with Crippen molar-refractivity contribution in [2.24, 2.45) is 5.92 Å². The van der Waals surface area contributed by atoms with Crippen LogP contribution in [-0.4, -0.2) is 23.9 Å². The third kappa shape index (κ3) is 4.37. The van der Waals surface area contributed by atoms with Crippen LogP contribution < -0.4 is 5.32 Å². The van der Waals surface area contributed by atoms with Crippen LogP contribution in [0.25, 0.3) is 0 Å². The lowest BCUT2D eigenvalue weighted by Gasteiger charge is -2.30. The van der Waals surface area contributed by atoms with E-state index in [1.54, 1.807) is 12.1 Å². The number of halogens is 1. The molecular formula is C20H23ClN2O. The van der Waals surface area contributed by atoms with Crippen molar-refractivity contribution in [3.8, 4) is 0 Å². The number of piperidine rings is 1. The van der Waals surface area contributed by atoms with E-state index < -0.39 is 0 Å². The zero-order valence-electron chi connectivity index (χ0n) is 14.0. The Labute approximate surface area is 148 Å². The second-order valence-corrected chi connectivity index (χ2v) is 7.02. The van der Waals surface area contributed by atoms with E-state index in [9.17, 15) is 4.79 Å². The summed E-state index contributed by atoms with van der Waals surface area (Å²) in [4.78, 5) is 14.8. The summed E-state index contributed by atoms with van der Waals surface area (Å²) in [5.41, 5.74) is 2.53. The normalized spacial score (nSPS) is 18.3. The third-order valence-corrected chi connectivity index (χ3v) is 4.82. The van der Waals surface area contributed by atoms with E-state index in [0.717, 1.165) is 19.0 Å². The highest BCUT2D eigenvalue weighted by molar-refractivity contribution is 6.33. The molecule has 126 valence electrons. The molecule has 24 heavy (non-hydrogen) atoms. The summed E-state index contributed by atoms with van der Waals surface area (Å²) >= 11 is 6.08. The van der Waals surface area contributed by atoms with Crippen molar-refractivity contribution in [2.75, 3.05) is 18.4 Å². The molecule has 0 aliphatic carbocycles. The Balaban J connectivity index is 1.61. The summed E-state index contributed by atoms with van der Waals surface area (Å²) in [6.07, 6.45) is 2.61. The van der Waals surface area contributed by atoms with E-state index in [1.807, 2.05) is 36.4 Å². The number of nitrogens with zero attached hydrogens (tertiary/aromatic N) is 1. The smallest absolute Gasteiger partial charge is 0.255 e. The number of nitrogens with one attached hydrogen (secondary N) is 1. The van der Waals surface area contributed by atoms with Crippen LogP contribution >= 0.6 is 11.6 Å². The molecule has 3 nitrogen and oxygen atoms in total. The fourth-order valence-corrected chi connectivity index (χ4v) is 3.39. The Morgan fingerprint density at radius 1 is 1.21 bits per heavy atom. The Hall–Kier alpha value is -1.84. The molecule has 1 fully saturated rings. The molecule has 0 saturated carbocycles. The van der Waals surface area contributed by atoms with Gasteiger partial charge in [-0.2, -0.15) is 0 Å². The van der Waals surface area contributed by atoms with Crippen LogP contribution in [0.15, 0.2) is 48.5 Å². The summed E-state index contributed by atoms with van der Waals surface area (Å²) in [6, 6.07) is 15.1. The molecule has 1 heterocycles. The molecule has 1 N–H and O–H groups in total. The van der Waals surface area contributed by atoms with Crippen molar-refractivity contribution in [3.05, 3.63) is 64.7 Å². The number of anilines is 1. The summed E-state index contributed by atoms with van der Waals surface area (Å²) in [6.45, 7) is 5.60. The number of benzene rings is 2. The predicted octanol–water partition coefficient (Wildman–Crippen LogP) is 4.82. The maximum atomic E-state index is 12.3. The highest BCUT2D eigenvalue weighted by Gasteiger charge is 2.16. The highest BCUT2D eigenvalue weighted by Crippen LogP contribution is 2.22. The minimum absolute atomic E-state index is 0.138. The van der Waals surface area contributed by atoms with Gasteiger partial charge in [0.15, 0.2) is 0 Å². The number of para-hydroxylation sites is 1. The van der Waals surface area contributed by atoms with Gasteiger partial charge in [-0.15, -0.1) is 0 Å². The van der Waals surface area contributed by atoms with Gasteiger partial charge in [-0.05, 0) is 55.1 Å². The number of amides is 1. The lowest BCUT2D eigenvalue weighted by Crippen LogP contribution is -2.33. The lowest BCUT2D eigenvalue weighted by molar-refractivity contribution is 0.102. The largest absolute Gasteiger partial charge is 0.321 e. The first kappa shape index (κ1) is 17.0. The number of rotatable bonds is 4. The van der Waals surface area contributed by atoms with Crippen molar-refractivity contribution in [3.63, 3.8) is 0 Å². The molecule has 4 heteroatoms. The van der Waals surface area contributed by atoms with E-state index >= 15 is 0 Å². The van der Waals surface area contributed by atoms with Crippen molar-refractivity contribution in [1.82, 2.24) is 4.90 Å². The third-order valence-electron chi connectivity index (χ3n) is 4.49. The number of carbonyl (C=O) groups excluding carboxylic acids is 1. The van der Waals surface area contributed by atoms with Gasteiger partial charge in [-0.1, -0.05) is 42.8 Å². The molecule has 3 rings (SSSR count). The number of carbonyl (C=O) groups is 1. The Morgan fingerprint density at radius 2 is 1.96 bits per heavy atom. The van der Waals surface area contributed by atoms with E-state index in [4.69, 9.17) is 11.6 Å². The molecule has 2 aromatic carbocycles. The second kappa shape index (κ2) is 7.82. The number of likely N-dealkylation sites (tertiary alicyclic amines) is 1. The fourth-order valence-electron chi connectivity index (χ4n) is 3.21. The molecule has 0 bridgehead atoms.